The molecule has 0 aliphatic heterocycles. The van der Waals surface area contributed by atoms with Crippen LogP contribution in [0, 0.1) is 5.92 Å². The Morgan fingerprint density at radius 3 is 2.64 bits per heavy atom. The third kappa shape index (κ3) is 2.88. The molecule has 0 radical (unpaired) electrons. The van der Waals surface area contributed by atoms with Crippen molar-refractivity contribution in [2.75, 3.05) is 0 Å². The number of esters is 1. The first-order valence-electron chi connectivity index (χ1n) is 4.22. The third-order valence-corrected chi connectivity index (χ3v) is 1.65. The smallest absolute Gasteiger partial charge is 0.318 e. The monoisotopic (exact) mass is 190 g/mol. The molecule has 0 fully saturated rings. The minimum atomic E-state index is -0.562. The Bertz CT molecular complexity index is 350. The number of para-hydroxylation sites is 1. The van der Waals surface area contributed by atoms with E-state index in [1.807, 2.05) is 6.07 Å². The first-order chi connectivity index (χ1) is 6.74. The lowest BCUT2D eigenvalue weighted by Gasteiger charge is -2.05. The minimum absolute atomic E-state index is 0.459. The normalized spacial score (nSPS) is 11.2. The number of carbonyl (C=O) groups is 1. The van der Waals surface area contributed by atoms with Crippen molar-refractivity contribution in [2.24, 2.45) is 5.92 Å². The van der Waals surface area contributed by atoms with Gasteiger partial charge in [0.2, 0.25) is 0 Å². The summed E-state index contributed by atoms with van der Waals surface area (Å²) in [5.41, 5.74) is 0. The molecule has 72 valence electrons. The Hall–Kier alpha value is -1.86. The summed E-state index contributed by atoms with van der Waals surface area (Å²) in [5, 5.41) is 0. The van der Waals surface area contributed by atoms with Crippen molar-refractivity contribution in [2.45, 2.75) is 6.92 Å². The maximum Gasteiger partial charge on any atom is 0.318 e. The third-order valence-electron chi connectivity index (χ3n) is 1.65. The van der Waals surface area contributed by atoms with Crippen LogP contribution < -0.4 is 4.74 Å². The fourth-order valence-electron chi connectivity index (χ4n) is 0.868. The molecule has 0 aliphatic carbocycles. The molecule has 1 unspecified atom stereocenters. The van der Waals surface area contributed by atoms with Crippen molar-refractivity contribution in [1.82, 2.24) is 0 Å². The van der Waals surface area contributed by atoms with E-state index in [2.05, 4.69) is 0 Å². The van der Waals surface area contributed by atoms with Crippen LogP contribution in [0.4, 0.5) is 0 Å². The van der Waals surface area contributed by atoms with Crippen LogP contribution in [0.15, 0.2) is 36.4 Å². The highest BCUT2D eigenvalue weighted by Gasteiger charge is 2.11. The summed E-state index contributed by atoms with van der Waals surface area (Å²) in [7, 11) is 0. The van der Waals surface area contributed by atoms with E-state index in [0.717, 1.165) is 6.08 Å². The summed E-state index contributed by atoms with van der Waals surface area (Å²) in [6.45, 7) is 1.58. The molecule has 14 heavy (non-hydrogen) atoms. The molecule has 0 N–H and O–H groups in total. The van der Waals surface area contributed by atoms with Crippen molar-refractivity contribution < 1.29 is 14.3 Å². The number of carbonyl (C=O) groups excluding carboxylic acids is 2. The average molecular weight is 190 g/mol. The molecule has 0 saturated heterocycles. The van der Waals surface area contributed by atoms with Crippen LogP contribution in [0.3, 0.4) is 0 Å². The van der Waals surface area contributed by atoms with Crippen molar-refractivity contribution >= 4 is 11.9 Å². The van der Waals surface area contributed by atoms with E-state index in [1.54, 1.807) is 37.1 Å². The van der Waals surface area contributed by atoms with Crippen LogP contribution >= 0.6 is 0 Å². The van der Waals surface area contributed by atoms with Gasteiger partial charge >= 0.3 is 5.97 Å². The molecule has 1 aromatic carbocycles. The summed E-state index contributed by atoms with van der Waals surface area (Å²) in [6, 6.07) is 8.71. The highest BCUT2D eigenvalue weighted by Crippen LogP contribution is 2.10. The second-order valence-corrected chi connectivity index (χ2v) is 2.81. The zero-order valence-electron chi connectivity index (χ0n) is 7.77. The first-order valence-corrected chi connectivity index (χ1v) is 4.22. The van der Waals surface area contributed by atoms with Gasteiger partial charge in [-0.15, -0.1) is 0 Å². The quantitative estimate of drug-likeness (QED) is 0.413. The second kappa shape index (κ2) is 5.00. The molecule has 1 aromatic rings. The van der Waals surface area contributed by atoms with Gasteiger partial charge in [0.25, 0.3) is 0 Å². The van der Waals surface area contributed by atoms with Gasteiger partial charge in [0.05, 0.1) is 5.92 Å². The van der Waals surface area contributed by atoms with E-state index in [9.17, 15) is 9.59 Å². The Labute approximate surface area is 82.0 Å². The molecule has 3 heteroatoms. The zero-order valence-corrected chi connectivity index (χ0v) is 7.77. The molecule has 0 bridgehead atoms. The van der Waals surface area contributed by atoms with E-state index in [-0.39, 0.29) is 0 Å². The summed E-state index contributed by atoms with van der Waals surface area (Å²) in [6.07, 6.45) is 1.13. The van der Waals surface area contributed by atoms with Gasteiger partial charge in [-0.05, 0) is 19.1 Å². The number of hydrogen-bond acceptors (Lipinski definition) is 3. The predicted octanol–water partition coefficient (Wildman–Crippen LogP) is 1.62. The van der Waals surface area contributed by atoms with E-state index in [4.69, 9.17) is 4.74 Å². The molecule has 0 heterocycles. The maximum atomic E-state index is 11.3. The molecule has 1 rings (SSSR count). The number of ether oxygens (including phenoxy) is 1. The van der Waals surface area contributed by atoms with E-state index in [0.29, 0.717) is 5.75 Å². The Balaban J connectivity index is 2.62. The van der Waals surface area contributed by atoms with Gasteiger partial charge in [-0.25, -0.2) is 4.79 Å². The molecule has 0 amide bonds. The summed E-state index contributed by atoms with van der Waals surface area (Å²) in [4.78, 5) is 21.3. The van der Waals surface area contributed by atoms with Crippen LogP contribution in [-0.2, 0) is 9.59 Å². The van der Waals surface area contributed by atoms with Crippen molar-refractivity contribution in [1.29, 1.82) is 0 Å². The number of rotatable bonds is 3. The zero-order chi connectivity index (χ0) is 10.4. The lowest BCUT2D eigenvalue weighted by atomic mass is 10.2. The van der Waals surface area contributed by atoms with Crippen LogP contribution in [0.2, 0.25) is 0 Å². The van der Waals surface area contributed by atoms with Gasteiger partial charge < -0.3 is 4.74 Å². The predicted molar refractivity (Wildman–Crippen MR) is 51.5 cm³/mol. The first kappa shape index (κ1) is 10.2. The van der Waals surface area contributed by atoms with Gasteiger partial charge in [0.1, 0.15) is 11.7 Å². The van der Waals surface area contributed by atoms with E-state index >= 15 is 0 Å². The van der Waals surface area contributed by atoms with Gasteiger partial charge in [-0.2, -0.15) is 0 Å². The summed E-state index contributed by atoms with van der Waals surface area (Å²) < 4.78 is 4.98. The molecular formula is C11H10O3. The van der Waals surface area contributed by atoms with Crippen molar-refractivity contribution in [3.63, 3.8) is 0 Å². The number of hydrogen-bond donors (Lipinski definition) is 0. The molecule has 0 saturated carbocycles. The standard InChI is InChI=1S/C11H10O3/c1-9(7-8-12)11(13)14-10-5-3-2-4-6-10/h2-7,9H,1H3. The van der Waals surface area contributed by atoms with Crippen LogP contribution in [0.25, 0.3) is 0 Å². The fourth-order valence-corrected chi connectivity index (χ4v) is 0.868. The lowest BCUT2D eigenvalue weighted by molar-refractivity contribution is -0.136. The van der Waals surface area contributed by atoms with Gasteiger partial charge in [-0.1, -0.05) is 18.2 Å². The van der Waals surface area contributed by atoms with Gasteiger partial charge in [0, 0.05) is 6.08 Å². The Kier molecular flexibility index (Phi) is 3.65. The molecule has 1 atom stereocenters. The van der Waals surface area contributed by atoms with E-state index in [1.165, 1.54) is 0 Å². The SMILES string of the molecule is CC(C=C=O)C(=O)Oc1ccccc1. The van der Waals surface area contributed by atoms with Crippen LogP contribution in [0.1, 0.15) is 6.92 Å². The molecule has 0 spiro atoms. The largest absolute Gasteiger partial charge is 0.426 e. The Morgan fingerprint density at radius 2 is 2.07 bits per heavy atom. The maximum absolute atomic E-state index is 11.3. The van der Waals surface area contributed by atoms with E-state index < -0.39 is 11.9 Å². The minimum Gasteiger partial charge on any atom is -0.426 e. The molecule has 0 aromatic heterocycles. The lowest BCUT2D eigenvalue weighted by Crippen LogP contribution is -2.15. The topological polar surface area (TPSA) is 43.4 Å². The molecule has 0 aliphatic rings. The molecular weight excluding hydrogens is 180 g/mol. The second-order valence-electron chi connectivity index (χ2n) is 2.81. The van der Waals surface area contributed by atoms with Gasteiger partial charge in [-0.3, -0.25) is 4.79 Å². The summed E-state index contributed by atoms with van der Waals surface area (Å²) in [5.74, 6) is 1.01. The van der Waals surface area contributed by atoms with Gasteiger partial charge in [0.15, 0.2) is 0 Å². The fraction of sp³-hybridized carbons (Fsp3) is 0.182. The Morgan fingerprint density at radius 1 is 1.43 bits per heavy atom. The van der Waals surface area contributed by atoms with Crippen molar-refractivity contribution in [3.05, 3.63) is 36.4 Å². The van der Waals surface area contributed by atoms with Crippen LogP contribution in [0.5, 0.6) is 5.75 Å². The highest BCUT2D eigenvalue weighted by atomic mass is 16.5. The van der Waals surface area contributed by atoms with Crippen molar-refractivity contribution in [3.8, 4) is 5.75 Å². The highest BCUT2D eigenvalue weighted by molar-refractivity contribution is 5.78. The molecule has 3 nitrogen and oxygen atoms in total. The average Bonchev–Trinajstić information content (AvgIpc) is 2.19. The van der Waals surface area contributed by atoms with Crippen LogP contribution in [-0.4, -0.2) is 11.9 Å². The number of benzene rings is 1. The summed E-state index contributed by atoms with van der Waals surface area (Å²) >= 11 is 0.